The van der Waals surface area contributed by atoms with Crippen molar-refractivity contribution in [3.8, 4) is 10.6 Å². The molecule has 0 amide bonds. The summed E-state index contributed by atoms with van der Waals surface area (Å²) >= 11 is 1.38. The van der Waals surface area contributed by atoms with Crippen LogP contribution in [0.5, 0.6) is 0 Å². The van der Waals surface area contributed by atoms with Gasteiger partial charge in [-0.25, -0.2) is 14.6 Å². The van der Waals surface area contributed by atoms with Gasteiger partial charge in [-0.05, 0) is 16.8 Å². The molecule has 0 aliphatic heterocycles. The molecule has 6 heteroatoms. The first-order chi connectivity index (χ1) is 14.7. The Labute approximate surface area is 175 Å². The van der Waals surface area contributed by atoms with Crippen LogP contribution in [-0.4, -0.2) is 11.0 Å². The first-order valence-electron chi connectivity index (χ1n) is 9.31. The molecule has 0 spiro atoms. The lowest BCUT2D eigenvalue weighted by atomic mass is 10.0. The fourth-order valence-corrected chi connectivity index (χ4v) is 4.23. The monoisotopic (exact) mass is 413 g/mol. The number of carbonyl (C=O) groups is 1. The first kappa shape index (κ1) is 18.3. The summed E-state index contributed by atoms with van der Waals surface area (Å²) in [6.45, 7) is -0.0485. The number of esters is 1. The molecular formula is C24H15NO4S. The van der Waals surface area contributed by atoms with Crippen LogP contribution in [0, 0.1) is 0 Å². The van der Waals surface area contributed by atoms with E-state index in [2.05, 4.69) is 4.98 Å². The van der Waals surface area contributed by atoms with Gasteiger partial charge in [0.05, 0.1) is 0 Å². The van der Waals surface area contributed by atoms with E-state index in [1.54, 1.807) is 11.4 Å². The zero-order valence-corrected chi connectivity index (χ0v) is 16.5. The van der Waals surface area contributed by atoms with Gasteiger partial charge in [0.25, 0.3) is 0 Å². The number of carbonyl (C=O) groups excluding carboxylic acids is 1. The Hall–Kier alpha value is -3.77. The molecule has 2 heterocycles. The van der Waals surface area contributed by atoms with Crippen molar-refractivity contribution < 1.29 is 13.9 Å². The fraction of sp³-hybridized carbons (Fsp3) is 0.0417. The molecule has 0 bridgehead atoms. The molecular weight excluding hydrogens is 398 g/mol. The predicted molar refractivity (Wildman–Crippen MR) is 117 cm³/mol. The van der Waals surface area contributed by atoms with E-state index in [0.717, 1.165) is 26.7 Å². The highest BCUT2D eigenvalue weighted by Gasteiger charge is 2.16. The van der Waals surface area contributed by atoms with Crippen LogP contribution in [-0.2, 0) is 11.3 Å². The normalized spacial score (nSPS) is 11.1. The van der Waals surface area contributed by atoms with Gasteiger partial charge >= 0.3 is 11.6 Å². The van der Waals surface area contributed by atoms with Gasteiger partial charge in [-0.3, -0.25) is 0 Å². The SMILES string of the molecule is O=C(OCc1cc(=O)oc2ccc3ccccc3c12)c1csc(-c2ccccc2)n1. The van der Waals surface area contributed by atoms with Crippen LogP contribution in [0.3, 0.4) is 0 Å². The maximum atomic E-state index is 12.6. The van der Waals surface area contributed by atoms with Crippen LogP contribution in [0.15, 0.2) is 87.4 Å². The minimum atomic E-state index is -0.532. The highest BCUT2D eigenvalue weighted by molar-refractivity contribution is 7.13. The van der Waals surface area contributed by atoms with Gasteiger partial charge in [-0.15, -0.1) is 11.3 Å². The molecule has 5 aromatic rings. The average Bonchev–Trinajstić information content (AvgIpc) is 3.28. The summed E-state index contributed by atoms with van der Waals surface area (Å²) in [5.41, 5.74) is 1.77. The largest absolute Gasteiger partial charge is 0.456 e. The summed E-state index contributed by atoms with van der Waals surface area (Å²) in [5.74, 6) is -0.532. The molecule has 0 atom stereocenters. The Morgan fingerprint density at radius 2 is 1.80 bits per heavy atom. The summed E-state index contributed by atoms with van der Waals surface area (Å²) in [5, 5.41) is 5.14. The summed E-state index contributed by atoms with van der Waals surface area (Å²) in [7, 11) is 0. The smallest absolute Gasteiger partial charge is 0.358 e. The minimum absolute atomic E-state index is 0.0485. The molecule has 0 N–H and O–H groups in total. The quantitative estimate of drug-likeness (QED) is 0.223. The van der Waals surface area contributed by atoms with Crippen molar-refractivity contribution in [1.82, 2.24) is 4.98 Å². The Morgan fingerprint density at radius 1 is 1.00 bits per heavy atom. The first-order valence-corrected chi connectivity index (χ1v) is 10.2. The fourth-order valence-electron chi connectivity index (χ4n) is 3.43. The highest BCUT2D eigenvalue weighted by atomic mass is 32.1. The van der Waals surface area contributed by atoms with Gasteiger partial charge in [0, 0.05) is 28.0 Å². The lowest BCUT2D eigenvalue weighted by Crippen LogP contribution is -2.08. The van der Waals surface area contributed by atoms with Crippen molar-refractivity contribution in [3.63, 3.8) is 0 Å². The molecule has 3 aromatic carbocycles. The van der Waals surface area contributed by atoms with E-state index in [4.69, 9.17) is 9.15 Å². The molecule has 0 unspecified atom stereocenters. The number of thiazole rings is 1. The standard InChI is InChI=1S/C24H15NO4S/c26-21-12-17(22-18-9-5-4-6-15(18)10-11-20(22)29-21)13-28-24(27)19-14-30-23(25-19)16-7-2-1-3-8-16/h1-12,14H,13H2. The van der Waals surface area contributed by atoms with E-state index >= 15 is 0 Å². The minimum Gasteiger partial charge on any atom is -0.456 e. The molecule has 146 valence electrons. The van der Waals surface area contributed by atoms with Gasteiger partial charge in [0.1, 0.15) is 17.2 Å². The van der Waals surface area contributed by atoms with Crippen molar-refractivity contribution in [2.75, 3.05) is 0 Å². The summed E-state index contributed by atoms with van der Waals surface area (Å²) < 4.78 is 10.8. The van der Waals surface area contributed by atoms with Gasteiger partial charge in [0.2, 0.25) is 0 Å². The molecule has 5 nitrogen and oxygen atoms in total. The molecule has 5 rings (SSSR count). The van der Waals surface area contributed by atoms with Gasteiger partial charge in [-0.1, -0.05) is 60.7 Å². The molecule has 0 fully saturated rings. The lowest BCUT2D eigenvalue weighted by Gasteiger charge is -2.09. The van der Waals surface area contributed by atoms with E-state index < -0.39 is 11.6 Å². The third-order valence-corrected chi connectivity index (χ3v) is 5.70. The second-order valence-corrected chi connectivity index (χ2v) is 7.59. The number of nitrogens with zero attached hydrogens (tertiary/aromatic N) is 1. The molecule has 30 heavy (non-hydrogen) atoms. The van der Waals surface area contributed by atoms with Crippen molar-refractivity contribution in [2.45, 2.75) is 6.61 Å². The van der Waals surface area contributed by atoms with Crippen molar-refractivity contribution >= 4 is 39.0 Å². The van der Waals surface area contributed by atoms with Crippen molar-refractivity contribution in [1.29, 1.82) is 0 Å². The predicted octanol–water partition coefficient (Wildman–Crippen LogP) is 5.43. The average molecular weight is 413 g/mol. The van der Waals surface area contributed by atoms with E-state index in [1.807, 2.05) is 60.7 Å². The number of hydrogen-bond donors (Lipinski definition) is 0. The maximum Gasteiger partial charge on any atom is 0.358 e. The Kier molecular flexibility index (Phi) is 4.61. The second-order valence-electron chi connectivity index (χ2n) is 6.73. The third kappa shape index (κ3) is 3.38. The van der Waals surface area contributed by atoms with Gasteiger partial charge < -0.3 is 9.15 Å². The summed E-state index contributed by atoms with van der Waals surface area (Å²) in [6.07, 6.45) is 0. The molecule has 0 saturated heterocycles. The number of aromatic nitrogens is 1. The van der Waals surface area contributed by atoms with E-state index in [0.29, 0.717) is 11.1 Å². The Morgan fingerprint density at radius 3 is 2.67 bits per heavy atom. The van der Waals surface area contributed by atoms with Crippen molar-refractivity contribution in [2.24, 2.45) is 0 Å². The molecule has 0 saturated carbocycles. The van der Waals surface area contributed by atoms with Gasteiger partial charge in [0.15, 0.2) is 5.69 Å². The molecule has 0 aliphatic carbocycles. The number of ether oxygens (including phenoxy) is 1. The summed E-state index contributed by atoms with van der Waals surface area (Å²) in [4.78, 5) is 29.0. The molecule has 0 radical (unpaired) electrons. The van der Waals surface area contributed by atoms with Crippen LogP contribution < -0.4 is 5.63 Å². The lowest BCUT2D eigenvalue weighted by molar-refractivity contribution is 0.0468. The van der Waals surface area contributed by atoms with Crippen molar-refractivity contribution in [3.05, 3.63) is 99.9 Å². The van der Waals surface area contributed by atoms with Crippen LogP contribution in [0.4, 0.5) is 0 Å². The number of benzene rings is 3. The highest BCUT2D eigenvalue weighted by Crippen LogP contribution is 2.28. The Balaban J connectivity index is 1.45. The second kappa shape index (κ2) is 7.57. The zero-order valence-electron chi connectivity index (χ0n) is 15.7. The molecule has 0 aliphatic rings. The number of hydrogen-bond acceptors (Lipinski definition) is 6. The Bertz CT molecular complexity index is 1440. The van der Waals surface area contributed by atoms with E-state index in [1.165, 1.54) is 17.4 Å². The maximum absolute atomic E-state index is 12.6. The topological polar surface area (TPSA) is 69.4 Å². The number of fused-ring (bicyclic) bond motifs is 3. The molecule has 2 aromatic heterocycles. The van der Waals surface area contributed by atoms with E-state index in [9.17, 15) is 9.59 Å². The van der Waals surface area contributed by atoms with Crippen LogP contribution >= 0.6 is 11.3 Å². The third-order valence-electron chi connectivity index (χ3n) is 4.81. The number of rotatable bonds is 4. The van der Waals surface area contributed by atoms with Crippen LogP contribution in [0.2, 0.25) is 0 Å². The zero-order chi connectivity index (χ0) is 20.5. The van der Waals surface area contributed by atoms with Crippen LogP contribution in [0.1, 0.15) is 16.1 Å². The van der Waals surface area contributed by atoms with Gasteiger partial charge in [-0.2, -0.15) is 0 Å². The van der Waals surface area contributed by atoms with Crippen LogP contribution in [0.25, 0.3) is 32.3 Å². The van der Waals surface area contributed by atoms with E-state index in [-0.39, 0.29) is 12.3 Å². The summed E-state index contributed by atoms with van der Waals surface area (Å²) in [6, 6.07) is 22.5.